The quantitative estimate of drug-likeness (QED) is 0.751. The van der Waals surface area contributed by atoms with E-state index >= 15 is 0 Å². The summed E-state index contributed by atoms with van der Waals surface area (Å²) in [5.74, 6) is 0.0154. The predicted octanol–water partition coefficient (Wildman–Crippen LogP) is 3.69. The lowest BCUT2D eigenvalue weighted by atomic mass is 10.2. The average molecular weight is 380 g/mol. The molecule has 0 radical (unpaired) electrons. The minimum absolute atomic E-state index is 0.158. The molecule has 0 saturated carbocycles. The Labute approximate surface area is 149 Å². The third-order valence-electron chi connectivity index (χ3n) is 3.60. The molecule has 0 fully saturated rings. The monoisotopic (exact) mass is 379 g/mol. The van der Waals surface area contributed by atoms with Crippen LogP contribution in [0.4, 0.5) is 4.39 Å². The second kappa shape index (κ2) is 6.59. The van der Waals surface area contributed by atoms with Crippen molar-refractivity contribution in [3.05, 3.63) is 59.7 Å². The minimum atomic E-state index is -3.54. The molecular formula is C17H15ClFN3O2S. The molecule has 3 rings (SSSR count). The highest BCUT2D eigenvalue weighted by molar-refractivity contribution is 7.89. The van der Waals surface area contributed by atoms with Gasteiger partial charge in [0.2, 0.25) is 10.0 Å². The number of halogens is 2. The van der Waals surface area contributed by atoms with Gasteiger partial charge in [-0.1, -0.05) is 23.7 Å². The molecule has 1 aromatic heterocycles. The smallest absolute Gasteiger partial charge is 0.242 e. The number of nitrogens with zero attached hydrogens (tertiary/aromatic N) is 2. The van der Waals surface area contributed by atoms with Gasteiger partial charge in [0.05, 0.1) is 21.0 Å². The fraction of sp³-hybridized carbons (Fsp3) is 0.118. The van der Waals surface area contributed by atoms with E-state index in [0.29, 0.717) is 27.5 Å². The number of aromatic nitrogens is 2. The van der Waals surface area contributed by atoms with Crippen molar-refractivity contribution in [3.8, 4) is 0 Å². The van der Waals surface area contributed by atoms with Gasteiger partial charge in [0.25, 0.3) is 0 Å². The number of hydrogen-bond acceptors (Lipinski definition) is 3. The van der Waals surface area contributed by atoms with Gasteiger partial charge < -0.3 is 4.98 Å². The Morgan fingerprint density at radius 1 is 1.24 bits per heavy atom. The van der Waals surface area contributed by atoms with Crippen LogP contribution in [0.2, 0.25) is 0 Å². The maximum atomic E-state index is 13.3. The molecule has 0 aliphatic heterocycles. The fourth-order valence-electron chi connectivity index (χ4n) is 2.28. The highest BCUT2D eigenvalue weighted by Gasteiger charge is 2.18. The van der Waals surface area contributed by atoms with E-state index in [9.17, 15) is 12.8 Å². The summed E-state index contributed by atoms with van der Waals surface area (Å²) in [4.78, 5) is 7.49. The van der Waals surface area contributed by atoms with Gasteiger partial charge in [0.1, 0.15) is 11.6 Å². The zero-order valence-electron chi connectivity index (χ0n) is 13.5. The summed E-state index contributed by atoms with van der Waals surface area (Å²) < 4.78 is 38.8. The van der Waals surface area contributed by atoms with Crippen molar-refractivity contribution in [1.29, 1.82) is 0 Å². The van der Waals surface area contributed by atoms with E-state index < -0.39 is 10.0 Å². The van der Waals surface area contributed by atoms with Crippen LogP contribution in [-0.4, -0.2) is 36.8 Å². The number of hydrogen-bond donors (Lipinski definition) is 1. The molecule has 0 atom stereocenters. The highest BCUT2D eigenvalue weighted by Crippen LogP contribution is 2.25. The second-order valence-electron chi connectivity index (χ2n) is 5.60. The Balaban J connectivity index is 2.01. The first-order chi connectivity index (χ1) is 11.8. The van der Waals surface area contributed by atoms with Gasteiger partial charge in [0, 0.05) is 14.1 Å². The molecule has 0 spiro atoms. The van der Waals surface area contributed by atoms with Crippen molar-refractivity contribution < 1.29 is 12.8 Å². The van der Waals surface area contributed by atoms with Crippen molar-refractivity contribution in [2.24, 2.45) is 0 Å². The molecule has 25 heavy (non-hydrogen) atoms. The number of aromatic amines is 1. The summed E-state index contributed by atoms with van der Waals surface area (Å²) in [5.41, 5.74) is 1.73. The molecule has 0 bridgehead atoms. The zero-order chi connectivity index (χ0) is 18.2. The fourth-order valence-corrected chi connectivity index (χ4v) is 3.43. The molecule has 1 heterocycles. The number of benzene rings is 2. The van der Waals surface area contributed by atoms with E-state index in [1.807, 2.05) is 0 Å². The van der Waals surface area contributed by atoms with Gasteiger partial charge in [-0.2, -0.15) is 0 Å². The van der Waals surface area contributed by atoms with Gasteiger partial charge in [0.15, 0.2) is 0 Å². The van der Waals surface area contributed by atoms with Gasteiger partial charge in [-0.25, -0.2) is 22.1 Å². The first-order valence-corrected chi connectivity index (χ1v) is 9.14. The van der Waals surface area contributed by atoms with E-state index in [4.69, 9.17) is 11.6 Å². The van der Waals surface area contributed by atoms with Crippen LogP contribution in [0.3, 0.4) is 0 Å². The summed E-state index contributed by atoms with van der Waals surface area (Å²) in [5, 5.41) is 0.291. The van der Waals surface area contributed by atoms with Crippen LogP contribution in [0.25, 0.3) is 22.1 Å². The summed E-state index contributed by atoms with van der Waals surface area (Å²) >= 11 is 6.26. The van der Waals surface area contributed by atoms with E-state index in [0.717, 1.165) is 4.31 Å². The lowest BCUT2D eigenvalue weighted by Gasteiger charge is -2.10. The average Bonchev–Trinajstić information content (AvgIpc) is 2.98. The van der Waals surface area contributed by atoms with Gasteiger partial charge >= 0.3 is 0 Å². The second-order valence-corrected chi connectivity index (χ2v) is 8.16. The Kier molecular flexibility index (Phi) is 4.64. The molecule has 130 valence electrons. The van der Waals surface area contributed by atoms with Crippen LogP contribution in [-0.2, 0) is 10.0 Å². The van der Waals surface area contributed by atoms with Crippen LogP contribution >= 0.6 is 11.6 Å². The van der Waals surface area contributed by atoms with Crippen LogP contribution in [0.1, 0.15) is 11.4 Å². The first-order valence-electron chi connectivity index (χ1n) is 7.33. The third-order valence-corrected chi connectivity index (χ3v) is 5.70. The molecule has 0 amide bonds. The maximum absolute atomic E-state index is 13.3. The Bertz CT molecular complexity index is 1070. The molecule has 3 aromatic rings. The molecule has 0 saturated heterocycles. The van der Waals surface area contributed by atoms with Crippen LogP contribution in [0.5, 0.6) is 0 Å². The van der Waals surface area contributed by atoms with Gasteiger partial charge in [-0.3, -0.25) is 0 Å². The molecule has 0 aliphatic carbocycles. The van der Waals surface area contributed by atoms with Crippen molar-refractivity contribution in [2.75, 3.05) is 14.1 Å². The van der Waals surface area contributed by atoms with E-state index in [1.54, 1.807) is 24.3 Å². The molecule has 2 aromatic carbocycles. The van der Waals surface area contributed by atoms with Crippen LogP contribution in [0.15, 0.2) is 47.4 Å². The van der Waals surface area contributed by atoms with Crippen LogP contribution in [0, 0.1) is 5.82 Å². The molecule has 8 heteroatoms. The molecule has 5 nitrogen and oxygen atoms in total. The third kappa shape index (κ3) is 3.58. The van der Waals surface area contributed by atoms with E-state index in [1.165, 1.54) is 38.4 Å². The summed E-state index contributed by atoms with van der Waals surface area (Å²) in [7, 11) is -0.599. The Hall–Kier alpha value is -2.22. The molecule has 1 N–H and O–H groups in total. The Morgan fingerprint density at radius 3 is 2.68 bits per heavy atom. The van der Waals surface area contributed by atoms with E-state index in [2.05, 4.69) is 9.97 Å². The molecule has 0 unspecified atom stereocenters. The molecule has 0 aliphatic rings. The lowest BCUT2D eigenvalue weighted by Crippen LogP contribution is -2.22. The predicted molar refractivity (Wildman–Crippen MR) is 97.1 cm³/mol. The standard InChI is InChI=1S/C17H15ClFN3O2S/c1-22(2)25(23,24)13-6-7-15-16(10-13)21-17(20-15)14(18)9-11-4-3-5-12(19)8-11/h3-10H,1-2H3,(H,20,21)/b14-9-. The molecular weight excluding hydrogens is 365 g/mol. The number of imidazole rings is 1. The van der Waals surface area contributed by atoms with Crippen molar-refractivity contribution in [1.82, 2.24) is 14.3 Å². The van der Waals surface area contributed by atoms with E-state index in [-0.39, 0.29) is 10.7 Å². The number of fused-ring (bicyclic) bond motifs is 1. The minimum Gasteiger partial charge on any atom is -0.337 e. The van der Waals surface area contributed by atoms with Gasteiger partial charge in [-0.05, 0) is 42.0 Å². The van der Waals surface area contributed by atoms with Gasteiger partial charge in [-0.15, -0.1) is 0 Å². The van der Waals surface area contributed by atoms with Crippen molar-refractivity contribution >= 4 is 43.8 Å². The Morgan fingerprint density at radius 2 is 2.00 bits per heavy atom. The number of sulfonamides is 1. The van der Waals surface area contributed by atoms with Crippen molar-refractivity contribution in [3.63, 3.8) is 0 Å². The summed E-state index contributed by atoms with van der Waals surface area (Å²) in [6, 6.07) is 10.6. The highest BCUT2D eigenvalue weighted by atomic mass is 35.5. The van der Waals surface area contributed by atoms with Crippen molar-refractivity contribution in [2.45, 2.75) is 4.90 Å². The zero-order valence-corrected chi connectivity index (χ0v) is 15.1. The van der Waals surface area contributed by atoms with Crippen LogP contribution < -0.4 is 0 Å². The largest absolute Gasteiger partial charge is 0.337 e. The lowest BCUT2D eigenvalue weighted by molar-refractivity contribution is 0.521. The number of H-pyrrole nitrogens is 1. The maximum Gasteiger partial charge on any atom is 0.242 e. The normalized spacial score (nSPS) is 12.9. The number of nitrogens with one attached hydrogen (secondary N) is 1. The first kappa shape index (κ1) is 17.6. The summed E-state index contributed by atoms with van der Waals surface area (Å²) in [6.07, 6.45) is 1.58. The summed E-state index contributed by atoms with van der Waals surface area (Å²) in [6.45, 7) is 0. The topological polar surface area (TPSA) is 66.1 Å². The SMILES string of the molecule is CN(C)S(=O)(=O)c1ccc2nc(/C(Cl)=C/c3cccc(F)c3)[nH]c2c1. The number of rotatable bonds is 4.